The third-order valence-electron chi connectivity index (χ3n) is 4.01. The van der Waals surface area contributed by atoms with Gasteiger partial charge in [-0.1, -0.05) is 12.1 Å². The summed E-state index contributed by atoms with van der Waals surface area (Å²) in [6.07, 6.45) is 2.28. The predicted molar refractivity (Wildman–Crippen MR) is 76.5 cm³/mol. The van der Waals surface area contributed by atoms with Gasteiger partial charge >= 0.3 is 0 Å². The van der Waals surface area contributed by atoms with Crippen molar-refractivity contribution < 1.29 is 4.74 Å². The van der Waals surface area contributed by atoms with Crippen LogP contribution in [0.5, 0.6) is 0 Å². The highest BCUT2D eigenvalue weighted by molar-refractivity contribution is 5.79. The van der Waals surface area contributed by atoms with E-state index < -0.39 is 0 Å². The van der Waals surface area contributed by atoms with Crippen LogP contribution >= 0.6 is 0 Å². The maximum Gasteiger partial charge on any atom is 0.189 e. The molecule has 0 radical (unpaired) electrons. The highest BCUT2D eigenvalue weighted by atomic mass is 16.5. The Morgan fingerprint density at radius 3 is 3.00 bits per heavy atom. The summed E-state index contributed by atoms with van der Waals surface area (Å²) >= 11 is 0. The SMILES string of the molecule is Cc1cc(=O)c2ccccc2n1CC[C@H]1CCOC1. The number of rotatable bonds is 3. The zero-order valence-electron chi connectivity index (χ0n) is 11.3. The van der Waals surface area contributed by atoms with Gasteiger partial charge in [-0.3, -0.25) is 4.79 Å². The number of ether oxygens (including phenoxy) is 1. The van der Waals surface area contributed by atoms with Crippen molar-refractivity contribution in [3.63, 3.8) is 0 Å². The van der Waals surface area contributed by atoms with Gasteiger partial charge < -0.3 is 9.30 Å². The van der Waals surface area contributed by atoms with Gasteiger partial charge in [-0.15, -0.1) is 0 Å². The number of aromatic nitrogens is 1. The molecule has 2 aromatic rings. The molecule has 1 aromatic heterocycles. The molecule has 3 nitrogen and oxygen atoms in total. The zero-order chi connectivity index (χ0) is 13.2. The van der Waals surface area contributed by atoms with Crippen LogP contribution in [0, 0.1) is 12.8 Å². The van der Waals surface area contributed by atoms with Crippen molar-refractivity contribution in [2.24, 2.45) is 5.92 Å². The predicted octanol–water partition coefficient (Wildman–Crippen LogP) is 2.74. The maximum atomic E-state index is 12.0. The number of para-hydroxylation sites is 1. The summed E-state index contributed by atoms with van der Waals surface area (Å²) in [5.74, 6) is 0.664. The molecule has 0 N–H and O–H groups in total. The first kappa shape index (κ1) is 12.4. The Hall–Kier alpha value is -1.61. The van der Waals surface area contributed by atoms with Crippen LogP contribution < -0.4 is 5.43 Å². The lowest BCUT2D eigenvalue weighted by Crippen LogP contribution is -2.14. The topological polar surface area (TPSA) is 31.2 Å². The van der Waals surface area contributed by atoms with Gasteiger partial charge in [0.15, 0.2) is 5.43 Å². The molecule has 3 rings (SSSR count). The summed E-state index contributed by atoms with van der Waals surface area (Å²) < 4.78 is 7.68. The van der Waals surface area contributed by atoms with Gasteiger partial charge in [0, 0.05) is 36.9 Å². The van der Waals surface area contributed by atoms with Gasteiger partial charge in [-0.2, -0.15) is 0 Å². The van der Waals surface area contributed by atoms with Crippen LogP contribution in [0.15, 0.2) is 35.1 Å². The van der Waals surface area contributed by atoms with Crippen LogP contribution in [0.1, 0.15) is 18.5 Å². The van der Waals surface area contributed by atoms with Crippen LogP contribution in [0.3, 0.4) is 0 Å². The van der Waals surface area contributed by atoms with Crippen molar-refractivity contribution in [1.82, 2.24) is 4.57 Å². The lowest BCUT2D eigenvalue weighted by Gasteiger charge is -2.16. The number of nitrogens with zero attached hydrogens (tertiary/aromatic N) is 1. The smallest absolute Gasteiger partial charge is 0.189 e. The average Bonchev–Trinajstić information content (AvgIpc) is 2.92. The Balaban J connectivity index is 1.95. The largest absolute Gasteiger partial charge is 0.381 e. The molecule has 0 saturated carbocycles. The quantitative estimate of drug-likeness (QED) is 0.846. The van der Waals surface area contributed by atoms with E-state index in [0.717, 1.165) is 49.2 Å². The zero-order valence-corrected chi connectivity index (χ0v) is 11.3. The molecule has 0 bridgehead atoms. The average molecular weight is 257 g/mol. The van der Waals surface area contributed by atoms with Gasteiger partial charge in [0.1, 0.15) is 0 Å². The lowest BCUT2D eigenvalue weighted by molar-refractivity contribution is 0.183. The number of pyridine rings is 1. The highest BCUT2D eigenvalue weighted by Gasteiger charge is 2.16. The summed E-state index contributed by atoms with van der Waals surface area (Å²) in [7, 11) is 0. The molecule has 0 unspecified atom stereocenters. The normalized spacial score (nSPS) is 19.1. The fourth-order valence-corrected chi connectivity index (χ4v) is 2.87. The minimum atomic E-state index is 0.119. The Labute approximate surface area is 112 Å². The van der Waals surface area contributed by atoms with Gasteiger partial charge in [0.2, 0.25) is 0 Å². The molecule has 0 amide bonds. The molecular weight excluding hydrogens is 238 g/mol. The summed E-state index contributed by atoms with van der Waals surface area (Å²) in [5.41, 5.74) is 2.21. The van der Waals surface area contributed by atoms with E-state index in [9.17, 15) is 4.79 Å². The summed E-state index contributed by atoms with van der Waals surface area (Å²) in [6.45, 7) is 4.76. The molecule has 19 heavy (non-hydrogen) atoms. The standard InChI is InChI=1S/C16H19NO2/c1-12-10-16(18)14-4-2-3-5-15(14)17(12)8-6-13-7-9-19-11-13/h2-5,10,13H,6-9,11H2,1H3/t13-/m0/s1. The monoisotopic (exact) mass is 257 g/mol. The number of hydrogen-bond donors (Lipinski definition) is 0. The van der Waals surface area contributed by atoms with Crippen molar-refractivity contribution in [1.29, 1.82) is 0 Å². The third-order valence-corrected chi connectivity index (χ3v) is 4.01. The van der Waals surface area contributed by atoms with E-state index in [0.29, 0.717) is 5.92 Å². The molecule has 1 aromatic carbocycles. The van der Waals surface area contributed by atoms with Gasteiger partial charge in [0.25, 0.3) is 0 Å². The van der Waals surface area contributed by atoms with E-state index in [-0.39, 0.29) is 5.43 Å². The molecule has 1 saturated heterocycles. The van der Waals surface area contributed by atoms with Crippen molar-refractivity contribution in [2.45, 2.75) is 26.3 Å². The van der Waals surface area contributed by atoms with E-state index in [1.807, 2.05) is 31.2 Å². The van der Waals surface area contributed by atoms with Gasteiger partial charge in [-0.25, -0.2) is 0 Å². The van der Waals surface area contributed by atoms with Crippen LogP contribution in [0.4, 0.5) is 0 Å². The molecule has 1 aliphatic heterocycles. The van der Waals surface area contributed by atoms with E-state index in [1.165, 1.54) is 0 Å². The van der Waals surface area contributed by atoms with Crippen LogP contribution in [-0.2, 0) is 11.3 Å². The van der Waals surface area contributed by atoms with Crippen molar-refractivity contribution in [3.05, 3.63) is 46.2 Å². The van der Waals surface area contributed by atoms with Gasteiger partial charge in [-0.05, 0) is 37.8 Å². The highest BCUT2D eigenvalue weighted by Crippen LogP contribution is 2.19. The van der Waals surface area contributed by atoms with E-state index >= 15 is 0 Å². The Morgan fingerprint density at radius 2 is 2.21 bits per heavy atom. The van der Waals surface area contributed by atoms with Crippen LogP contribution in [0.25, 0.3) is 10.9 Å². The van der Waals surface area contributed by atoms with E-state index in [2.05, 4.69) is 4.57 Å². The Bertz CT molecular complexity index is 639. The second kappa shape index (κ2) is 5.17. The summed E-state index contributed by atoms with van der Waals surface area (Å²) in [6, 6.07) is 9.61. The van der Waals surface area contributed by atoms with Crippen LogP contribution in [0.2, 0.25) is 0 Å². The number of benzene rings is 1. The summed E-state index contributed by atoms with van der Waals surface area (Å²) in [4.78, 5) is 12.0. The fraction of sp³-hybridized carbons (Fsp3) is 0.438. The van der Waals surface area contributed by atoms with E-state index in [4.69, 9.17) is 4.74 Å². The molecule has 1 fully saturated rings. The molecule has 3 heteroatoms. The van der Waals surface area contributed by atoms with Crippen molar-refractivity contribution in [2.75, 3.05) is 13.2 Å². The molecular formula is C16H19NO2. The molecule has 100 valence electrons. The van der Waals surface area contributed by atoms with Crippen LogP contribution in [-0.4, -0.2) is 17.8 Å². The molecule has 1 aliphatic rings. The first-order chi connectivity index (χ1) is 9.25. The molecule has 2 heterocycles. The number of aryl methyl sites for hydroxylation is 2. The number of fused-ring (bicyclic) bond motifs is 1. The summed E-state index contributed by atoms with van der Waals surface area (Å²) in [5, 5.41) is 0.816. The van der Waals surface area contributed by atoms with E-state index in [1.54, 1.807) is 6.07 Å². The minimum absolute atomic E-state index is 0.119. The minimum Gasteiger partial charge on any atom is -0.381 e. The third kappa shape index (κ3) is 2.43. The second-order valence-corrected chi connectivity index (χ2v) is 5.34. The Kier molecular flexibility index (Phi) is 3.38. The molecule has 0 aliphatic carbocycles. The number of hydrogen-bond acceptors (Lipinski definition) is 2. The Morgan fingerprint density at radius 1 is 1.37 bits per heavy atom. The van der Waals surface area contributed by atoms with Crippen molar-refractivity contribution in [3.8, 4) is 0 Å². The second-order valence-electron chi connectivity index (χ2n) is 5.34. The maximum absolute atomic E-state index is 12.0. The van der Waals surface area contributed by atoms with Gasteiger partial charge in [0.05, 0.1) is 5.52 Å². The van der Waals surface area contributed by atoms with Crippen molar-refractivity contribution >= 4 is 10.9 Å². The molecule has 0 spiro atoms. The molecule has 1 atom stereocenters. The first-order valence-corrected chi connectivity index (χ1v) is 6.92. The fourth-order valence-electron chi connectivity index (χ4n) is 2.87. The lowest BCUT2D eigenvalue weighted by atomic mass is 10.0. The first-order valence-electron chi connectivity index (χ1n) is 6.92.